The van der Waals surface area contributed by atoms with Crippen LogP contribution in [0.4, 0.5) is 0 Å². The Morgan fingerprint density at radius 1 is 1.14 bits per heavy atom. The van der Waals surface area contributed by atoms with Crippen molar-refractivity contribution in [1.29, 1.82) is 0 Å². The van der Waals surface area contributed by atoms with Crippen molar-refractivity contribution < 1.29 is 14.6 Å². The summed E-state index contributed by atoms with van der Waals surface area (Å²) in [5.41, 5.74) is 4.38. The minimum Gasteiger partial charge on any atom is -0.508 e. The molecule has 2 N–H and O–H groups in total. The van der Waals surface area contributed by atoms with Crippen molar-refractivity contribution in [2.75, 3.05) is 7.11 Å². The average Bonchev–Trinajstić information content (AvgIpc) is 2.89. The lowest BCUT2D eigenvalue weighted by Gasteiger charge is -2.06. The van der Waals surface area contributed by atoms with E-state index in [1.165, 1.54) is 7.11 Å². The first-order valence-electron chi connectivity index (χ1n) is 6.59. The minimum atomic E-state index is -0.381. The van der Waals surface area contributed by atoms with Gasteiger partial charge in [-0.1, -0.05) is 18.2 Å². The lowest BCUT2D eigenvalue weighted by atomic mass is 9.99. The van der Waals surface area contributed by atoms with Gasteiger partial charge in [0, 0.05) is 10.9 Å². The van der Waals surface area contributed by atoms with Crippen LogP contribution in [0.1, 0.15) is 16.1 Å². The van der Waals surface area contributed by atoms with Crippen molar-refractivity contribution >= 4 is 16.9 Å². The van der Waals surface area contributed by atoms with Crippen molar-refractivity contribution in [2.24, 2.45) is 0 Å². The van der Waals surface area contributed by atoms with Crippen LogP contribution in [0.2, 0.25) is 0 Å². The number of aromatic hydroxyl groups is 1. The molecule has 0 unspecified atom stereocenters. The summed E-state index contributed by atoms with van der Waals surface area (Å²) in [4.78, 5) is 14.6. The summed E-state index contributed by atoms with van der Waals surface area (Å²) in [6, 6.07) is 13.0. The number of ether oxygens (including phenoxy) is 1. The molecule has 0 bridgehead atoms. The fraction of sp³-hybridized carbons (Fsp3) is 0.118. The number of aromatic nitrogens is 1. The fourth-order valence-corrected chi connectivity index (χ4v) is 2.49. The number of hydrogen-bond donors (Lipinski definition) is 2. The van der Waals surface area contributed by atoms with Crippen molar-refractivity contribution in [3.05, 3.63) is 53.7 Å². The van der Waals surface area contributed by atoms with E-state index < -0.39 is 0 Å². The SMILES string of the molecule is COC(=O)c1cc2ccc(-c3ccc(O)cc3C)cc2[nH]1. The highest BCUT2D eigenvalue weighted by Crippen LogP contribution is 2.29. The Morgan fingerprint density at radius 2 is 1.95 bits per heavy atom. The van der Waals surface area contributed by atoms with Gasteiger partial charge in [-0.05, 0) is 47.9 Å². The summed E-state index contributed by atoms with van der Waals surface area (Å²) in [7, 11) is 1.36. The highest BCUT2D eigenvalue weighted by atomic mass is 16.5. The molecule has 3 rings (SSSR count). The largest absolute Gasteiger partial charge is 0.508 e. The van der Waals surface area contributed by atoms with Crippen molar-refractivity contribution in [3.8, 4) is 16.9 Å². The van der Waals surface area contributed by atoms with Crippen LogP contribution in [-0.4, -0.2) is 23.2 Å². The molecule has 0 saturated heterocycles. The number of aryl methyl sites for hydroxylation is 1. The highest BCUT2D eigenvalue weighted by Gasteiger charge is 2.10. The molecule has 1 heterocycles. The van der Waals surface area contributed by atoms with Gasteiger partial charge in [-0.15, -0.1) is 0 Å². The van der Waals surface area contributed by atoms with Crippen molar-refractivity contribution in [3.63, 3.8) is 0 Å². The zero-order valence-electron chi connectivity index (χ0n) is 11.8. The molecule has 21 heavy (non-hydrogen) atoms. The Balaban J connectivity index is 2.10. The summed E-state index contributed by atoms with van der Waals surface area (Å²) < 4.78 is 4.72. The number of H-pyrrole nitrogens is 1. The predicted molar refractivity (Wildman–Crippen MR) is 81.5 cm³/mol. The molecule has 0 fully saturated rings. The summed E-state index contributed by atoms with van der Waals surface area (Å²) in [5, 5.41) is 10.4. The molecule has 0 radical (unpaired) electrons. The quantitative estimate of drug-likeness (QED) is 0.705. The topological polar surface area (TPSA) is 62.3 Å². The monoisotopic (exact) mass is 281 g/mol. The lowest BCUT2D eigenvalue weighted by molar-refractivity contribution is 0.0595. The second-order valence-corrected chi connectivity index (χ2v) is 4.98. The summed E-state index contributed by atoms with van der Waals surface area (Å²) in [6.45, 7) is 1.95. The van der Waals surface area contributed by atoms with Gasteiger partial charge in [-0.2, -0.15) is 0 Å². The number of carbonyl (C=O) groups is 1. The molecule has 4 heteroatoms. The zero-order valence-corrected chi connectivity index (χ0v) is 11.8. The van der Waals surface area contributed by atoms with Crippen LogP contribution in [0.25, 0.3) is 22.0 Å². The first-order valence-corrected chi connectivity index (χ1v) is 6.59. The van der Waals surface area contributed by atoms with Gasteiger partial charge in [0.05, 0.1) is 7.11 Å². The van der Waals surface area contributed by atoms with E-state index in [9.17, 15) is 9.90 Å². The number of phenols is 1. The van der Waals surface area contributed by atoms with E-state index in [1.807, 2.05) is 31.2 Å². The van der Waals surface area contributed by atoms with Gasteiger partial charge in [0.1, 0.15) is 11.4 Å². The Labute approximate surface area is 122 Å². The molecule has 0 aliphatic rings. The summed E-state index contributed by atoms with van der Waals surface area (Å²) in [5.74, 6) is -0.126. The smallest absolute Gasteiger partial charge is 0.354 e. The van der Waals surface area contributed by atoms with E-state index in [-0.39, 0.29) is 11.7 Å². The molecule has 0 saturated carbocycles. The second-order valence-electron chi connectivity index (χ2n) is 4.98. The molecule has 2 aromatic carbocycles. The molecule has 1 aromatic heterocycles. The number of phenolic OH excluding ortho intramolecular Hbond substituents is 1. The number of aromatic amines is 1. The predicted octanol–water partition coefficient (Wildman–Crippen LogP) is 3.64. The van der Waals surface area contributed by atoms with Gasteiger partial charge < -0.3 is 14.8 Å². The number of nitrogens with one attached hydrogen (secondary N) is 1. The van der Waals surface area contributed by atoms with E-state index in [4.69, 9.17) is 4.74 Å². The first-order chi connectivity index (χ1) is 10.1. The van der Waals surface area contributed by atoms with E-state index in [2.05, 4.69) is 4.98 Å². The van der Waals surface area contributed by atoms with Gasteiger partial charge in [0.25, 0.3) is 0 Å². The van der Waals surface area contributed by atoms with Gasteiger partial charge in [0.2, 0.25) is 0 Å². The maximum absolute atomic E-state index is 11.5. The second kappa shape index (κ2) is 4.98. The number of fused-ring (bicyclic) bond motifs is 1. The Hall–Kier alpha value is -2.75. The van der Waals surface area contributed by atoms with Crippen molar-refractivity contribution in [1.82, 2.24) is 4.98 Å². The molecular weight excluding hydrogens is 266 g/mol. The number of benzene rings is 2. The average molecular weight is 281 g/mol. The molecule has 0 aliphatic carbocycles. The van der Waals surface area contributed by atoms with Crippen LogP contribution < -0.4 is 0 Å². The molecule has 106 valence electrons. The van der Waals surface area contributed by atoms with E-state index in [0.717, 1.165) is 27.6 Å². The van der Waals surface area contributed by atoms with E-state index in [0.29, 0.717) is 5.69 Å². The van der Waals surface area contributed by atoms with Crippen LogP contribution in [-0.2, 0) is 4.74 Å². The number of esters is 1. The molecule has 4 nitrogen and oxygen atoms in total. The molecule has 0 amide bonds. The number of rotatable bonds is 2. The Morgan fingerprint density at radius 3 is 2.67 bits per heavy atom. The van der Waals surface area contributed by atoms with Gasteiger partial charge >= 0.3 is 5.97 Å². The summed E-state index contributed by atoms with van der Waals surface area (Å²) >= 11 is 0. The van der Waals surface area contributed by atoms with E-state index >= 15 is 0 Å². The molecule has 0 atom stereocenters. The molecule has 0 spiro atoms. The third kappa shape index (κ3) is 2.36. The highest BCUT2D eigenvalue weighted by molar-refractivity contribution is 5.96. The normalized spacial score (nSPS) is 10.8. The minimum absolute atomic E-state index is 0.255. The number of methoxy groups -OCH3 is 1. The first kappa shape index (κ1) is 13.2. The van der Waals surface area contributed by atoms with Crippen LogP contribution in [0.5, 0.6) is 5.75 Å². The number of carbonyl (C=O) groups excluding carboxylic acids is 1. The van der Waals surface area contributed by atoms with Gasteiger partial charge in [0.15, 0.2) is 0 Å². The number of hydrogen-bond acceptors (Lipinski definition) is 3. The third-order valence-electron chi connectivity index (χ3n) is 3.55. The standard InChI is InChI=1S/C17H15NO3/c1-10-7-13(19)5-6-14(10)11-3-4-12-9-16(17(20)21-2)18-15(12)8-11/h3-9,18-19H,1-2H3. The zero-order chi connectivity index (χ0) is 15.0. The lowest BCUT2D eigenvalue weighted by Crippen LogP contribution is -2.00. The third-order valence-corrected chi connectivity index (χ3v) is 3.55. The maximum Gasteiger partial charge on any atom is 0.354 e. The van der Waals surface area contributed by atoms with Crippen molar-refractivity contribution in [2.45, 2.75) is 6.92 Å². The van der Waals surface area contributed by atoms with Crippen LogP contribution in [0, 0.1) is 6.92 Å². The Bertz CT molecular complexity index is 833. The van der Waals surface area contributed by atoms with Crippen LogP contribution in [0.3, 0.4) is 0 Å². The van der Waals surface area contributed by atoms with Crippen LogP contribution >= 0.6 is 0 Å². The summed E-state index contributed by atoms with van der Waals surface area (Å²) in [6.07, 6.45) is 0. The molecular formula is C17H15NO3. The van der Waals surface area contributed by atoms with E-state index in [1.54, 1.807) is 18.2 Å². The molecule has 3 aromatic rings. The molecule has 0 aliphatic heterocycles. The van der Waals surface area contributed by atoms with Gasteiger partial charge in [-0.3, -0.25) is 0 Å². The van der Waals surface area contributed by atoms with Gasteiger partial charge in [-0.25, -0.2) is 4.79 Å². The Kier molecular flexibility index (Phi) is 3.14. The maximum atomic E-state index is 11.5. The van der Waals surface area contributed by atoms with Crippen LogP contribution in [0.15, 0.2) is 42.5 Å². The fourth-order valence-electron chi connectivity index (χ4n) is 2.49.